The summed E-state index contributed by atoms with van der Waals surface area (Å²) in [4.78, 5) is 14.2. The Balaban J connectivity index is 1.97. The second-order valence-corrected chi connectivity index (χ2v) is 6.18. The Kier molecular flexibility index (Phi) is 5.85. The van der Waals surface area contributed by atoms with Crippen LogP contribution in [0.4, 0.5) is 5.69 Å². The molecule has 1 fully saturated rings. The van der Waals surface area contributed by atoms with Crippen LogP contribution in [0.2, 0.25) is 0 Å². The van der Waals surface area contributed by atoms with Gasteiger partial charge in [-0.3, -0.25) is 4.79 Å². The summed E-state index contributed by atoms with van der Waals surface area (Å²) in [6.45, 7) is 10.9. The molecule has 21 heavy (non-hydrogen) atoms. The van der Waals surface area contributed by atoms with Crippen LogP contribution in [0.25, 0.3) is 0 Å². The van der Waals surface area contributed by atoms with Gasteiger partial charge in [0.05, 0.1) is 5.69 Å². The molecule has 4 heteroatoms. The summed E-state index contributed by atoms with van der Waals surface area (Å²) in [5.41, 5.74) is 1.12. The predicted molar refractivity (Wildman–Crippen MR) is 88.9 cm³/mol. The number of aromatic nitrogens is 1. The van der Waals surface area contributed by atoms with E-state index in [1.165, 1.54) is 38.9 Å². The highest BCUT2D eigenvalue weighted by Crippen LogP contribution is 2.22. The maximum atomic E-state index is 11.6. The molecule has 0 aliphatic carbocycles. The second kappa shape index (κ2) is 7.64. The van der Waals surface area contributed by atoms with Gasteiger partial charge in [-0.2, -0.15) is 0 Å². The molecule has 0 radical (unpaired) electrons. The first-order chi connectivity index (χ1) is 10.1. The van der Waals surface area contributed by atoms with E-state index in [0.717, 1.165) is 12.2 Å². The van der Waals surface area contributed by atoms with Gasteiger partial charge >= 0.3 is 0 Å². The number of hydrogen-bond donors (Lipinski definition) is 1. The monoisotopic (exact) mass is 291 g/mol. The summed E-state index contributed by atoms with van der Waals surface area (Å²) < 4.78 is 1.75. The number of rotatable bonds is 6. The van der Waals surface area contributed by atoms with Gasteiger partial charge in [0.25, 0.3) is 5.56 Å². The van der Waals surface area contributed by atoms with Crippen LogP contribution in [0.3, 0.4) is 0 Å². The van der Waals surface area contributed by atoms with E-state index < -0.39 is 0 Å². The average Bonchev–Trinajstić information content (AvgIpc) is 2.50. The minimum absolute atomic E-state index is 0.0718. The van der Waals surface area contributed by atoms with Gasteiger partial charge in [-0.15, -0.1) is 0 Å². The average molecular weight is 291 g/mol. The van der Waals surface area contributed by atoms with Gasteiger partial charge in [-0.1, -0.05) is 6.92 Å². The van der Waals surface area contributed by atoms with Gasteiger partial charge in [0.2, 0.25) is 0 Å². The standard InChI is InChI=1S/C17H29N3O/c1-4-10-19-11-6-7-15(12-19)14(3)18-16-8-9-17(21)20(5-2)13-16/h8-9,13-15,18H,4-7,10-12H2,1-3H3. The highest BCUT2D eigenvalue weighted by molar-refractivity contribution is 5.41. The number of nitrogens with zero attached hydrogens (tertiary/aromatic N) is 2. The van der Waals surface area contributed by atoms with Gasteiger partial charge in [-0.25, -0.2) is 0 Å². The van der Waals surface area contributed by atoms with Crippen molar-refractivity contribution in [2.45, 2.75) is 52.6 Å². The summed E-state index contributed by atoms with van der Waals surface area (Å²) in [7, 11) is 0. The summed E-state index contributed by atoms with van der Waals surface area (Å²) in [6, 6.07) is 3.99. The van der Waals surface area contributed by atoms with Crippen LogP contribution in [-0.2, 0) is 6.54 Å². The zero-order chi connectivity index (χ0) is 15.2. The Bertz CT molecular complexity index is 495. The fourth-order valence-electron chi connectivity index (χ4n) is 3.26. The van der Waals surface area contributed by atoms with Crippen LogP contribution in [0.1, 0.15) is 40.0 Å². The van der Waals surface area contributed by atoms with Crippen LogP contribution < -0.4 is 10.9 Å². The zero-order valence-corrected chi connectivity index (χ0v) is 13.6. The smallest absolute Gasteiger partial charge is 0.250 e. The van der Waals surface area contributed by atoms with Crippen molar-refractivity contribution in [1.29, 1.82) is 0 Å². The lowest BCUT2D eigenvalue weighted by molar-refractivity contribution is 0.165. The Labute approximate surface area is 128 Å². The van der Waals surface area contributed by atoms with Crippen LogP contribution in [0, 0.1) is 5.92 Å². The number of likely N-dealkylation sites (tertiary alicyclic amines) is 1. The molecule has 2 unspecified atom stereocenters. The van der Waals surface area contributed by atoms with Gasteiger partial charge in [0, 0.05) is 31.4 Å². The molecule has 2 rings (SSSR count). The minimum Gasteiger partial charge on any atom is -0.381 e. The molecule has 4 nitrogen and oxygen atoms in total. The molecule has 118 valence electrons. The molecule has 0 saturated carbocycles. The number of hydrogen-bond acceptors (Lipinski definition) is 3. The molecule has 0 aromatic carbocycles. The van der Waals surface area contributed by atoms with E-state index in [9.17, 15) is 4.79 Å². The Hall–Kier alpha value is -1.29. The quantitative estimate of drug-likeness (QED) is 0.875. The molecule has 1 saturated heterocycles. The van der Waals surface area contributed by atoms with E-state index in [2.05, 4.69) is 24.1 Å². The molecule has 1 aliphatic rings. The third-order valence-corrected chi connectivity index (χ3v) is 4.51. The van der Waals surface area contributed by atoms with Crippen molar-refractivity contribution in [3.8, 4) is 0 Å². The lowest BCUT2D eigenvalue weighted by Crippen LogP contribution is -2.42. The minimum atomic E-state index is 0.0718. The highest BCUT2D eigenvalue weighted by atomic mass is 16.1. The molecule has 2 heterocycles. The summed E-state index contributed by atoms with van der Waals surface area (Å²) in [5, 5.41) is 3.59. The van der Waals surface area contributed by atoms with Crippen LogP contribution >= 0.6 is 0 Å². The topological polar surface area (TPSA) is 37.3 Å². The molecule has 0 bridgehead atoms. The Morgan fingerprint density at radius 3 is 2.90 bits per heavy atom. The first kappa shape index (κ1) is 16.1. The van der Waals surface area contributed by atoms with E-state index in [0.29, 0.717) is 12.0 Å². The number of pyridine rings is 1. The lowest BCUT2D eigenvalue weighted by atomic mass is 9.91. The van der Waals surface area contributed by atoms with E-state index in [1.807, 2.05) is 19.2 Å². The predicted octanol–water partition coefficient (Wildman–Crippen LogP) is 2.79. The molecule has 2 atom stereocenters. The third kappa shape index (κ3) is 4.34. The van der Waals surface area contributed by atoms with E-state index in [1.54, 1.807) is 10.6 Å². The van der Waals surface area contributed by atoms with Crippen LogP contribution in [0.5, 0.6) is 0 Å². The first-order valence-electron chi connectivity index (χ1n) is 8.33. The maximum absolute atomic E-state index is 11.6. The van der Waals surface area contributed by atoms with Gasteiger partial charge in [0.15, 0.2) is 0 Å². The molecule has 0 amide bonds. The number of piperidine rings is 1. The molecule has 1 aliphatic heterocycles. The van der Waals surface area contributed by atoms with Crippen LogP contribution in [0.15, 0.2) is 23.1 Å². The van der Waals surface area contributed by atoms with Crippen LogP contribution in [-0.4, -0.2) is 35.1 Å². The first-order valence-corrected chi connectivity index (χ1v) is 8.33. The molecular weight excluding hydrogens is 262 g/mol. The lowest BCUT2D eigenvalue weighted by Gasteiger charge is -2.36. The highest BCUT2D eigenvalue weighted by Gasteiger charge is 2.24. The Morgan fingerprint density at radius 1 is 1.38 bits per heavy atom. The van der Waals surface area contributed by atoms with Gasteiger partial charge in [-0.05, 0) is 58.2 Å². The van der Waals surface area contributed by atoms with Crippen molar-refractivity contribution >= 4 is 5.69 Å². The van der Waals surface area contributed by atoms with Crippen molar-refractivity contribution < 1.29 is 0 Å². The third-order valence-electron chi connectivity index (χ3n) is 4.51. The van der Waals surface area contributed by atoms with Crippen molar-refractivity contribution in [1.82, 2.24) is 9.47 Å². The van der Waals surface area contributed by atoms with E-state index in [-0.39, 0.29) is 5.56 Å². The fraction of sp³-hybridized carbons (Fsp3) is 0.706. The summed E-state index contributed by atoms with van der Waals surface area (Å²) >= 11 is 0. The molecule has 1 aromatic heterocycles. The maximum Gasteiger partial charge on any atom is 0.250 e. The summed E-state index contributed by atoms with van der Waals surface area (Å²) in [6.07, 6.45) is 5.76. The molecule has 1 N–H and O–H groups in total. The van der Waals surface area contributed by atoms with Crippen molar-refractivity contribution in [2.24, 2.45) is 5.92 Å². The normalized spacial score (nSPS) is 21.2. The zero-order valence-electron chi connectivity index (χ0n) is 13.6. The number of nitrogens with one attached hydrogen (secondary N) is 1. The Morgan fingerprint density at radius 2 is 2.19 bits per heavy atom. The molecular formula is C17H29N3O. The van der Waals surface area contributed by atoms with Gasteiger partial charge < -0.3 is 14.8 Å². The van der Waals surface area contributed by atoms with Crippen molar-refractivity contribution in [2.75, 3.05) is 25.0 Å². The van der Waals surface area contributed by atoms with Crippen molar-refractivity contribution in [3.05, 3.63) is 28.7 Å². The van der Waals surface area contributed by atoms with Gasteiger partial charge in [0.1, 0.15) is 0 Å². The largest absolute Gasteiger partial charge is 0.381 e. The SMILES string of the molecule is CCCN1CCCC(C(C)Nc2ccc(=O)n(CC)c2)C1. The van der Waals surface area contributed by atoms with E-state index >= 15 is 0 Å². The molecule has 0 spiro atoms. The number of aryl methyl sites for hydroxylation is 1. The second-order valence-electron chi connectivity index (χ2n) is 6.18. The number of anilines is 1. The summed E-state index contributed by atoms with van der Waals surface area (Å²) in [5.74, 6) is 0.687. The fourth-order valence-corrected chi connectivity index (χ4v) is 3.26. The van der Waals surface area contributed by atoms with E-state index in [4.69, 9.17) is 0 Å². The van der Waals surface area contributed by atoms with Crippen molar-refractivity contribution in [3.63, 3.8) is 0 Å². The molecule has 1 aromatic rings.